The molecule has 6 heterocycles. The molecule has 15 rings (SSSR count). The molecule has 9 aromatic carbocycles. The van der Waals surface area contributed by atoms with Gasteiger partial charge in [-0.1, -0.05) is 156 Å². The molecule has 0 bridgehead atoms. The van der Waals surface area contributed by atoms with E-state index in [-0.39, 0.29) is 28.5 Å². The molecule has 0 fully saturated rings. The largest absolute Gasteiger partial charge is 0.466 e. The van der Waals surface area contributed by atoms with Crippen molar-refractivity contribution in [3.05, 3.63) is 192 Å². The molecule has 79 heavy (non-hydrogen) atoms. The second-order valence-electron chi connectivity index (χ2n) is 26.6. The molecule has 0 unspecified atom stereocenters. The Hall–Kier alpha value is -8.00. The van der Waals surface area contributed by atoms with Crippen LogP contribution in [0.5, 0.6) is 0 Å². The van der Waals surface area contributed by atoms with Gasteiger partial charge in [-0.3, -0.25) is 0 Å². The molecule has 0 aliphatic carbocycles. The Balaban J connectivity index is 1.01. The SMILES string of the molecule is CC(C)(C)c1ccc(N2B3c4oc5ccc(C(C)(C)C)cc5c4-n4c5cc6sc7ccccc7c6cc5c5ccc(c3c54)-c3cc4oc5ccc(N(c6ccc(C(C)(C)C)cc6)c6ccc(C(C)(C)C)cc6)cc5c4cc32)cc1. The Morgan fingerprint density at radius 3 is 1.66 bits per heavy atom. The molecule has 0 atom stereocenters. The van der Waals surface area contributed by atoms with Crippen molar-refractivity contribution in [2.75, 3.05) is 9.71 Å². The molecule has 13 aromatic rings. The summed E-state index contributed by atoms with van der Waals surface area (Å²) in [5, 5.41) is 8.38. The van der Waals surface area contributed by atoms with Gasteiger partial charge < -0.3 is 23.1 Å². The van der Waals surface area contributed by atoms with E-state index in [4.69, 9.17) is 8.83 Å². The van der Waals surface area contributed by atoms with Crippen molar-refractivity contribution in [3.63, 3.8) is 0 Å². The minimum Gasteiger partial charge on any atom is -0.466 e. The van der Waals surface area contributed by atoms with Crippen molar-refractivity contribution in [1.29, 1.82) is 0 Å². The van der Waals surface area contributed by atoms with Crippen LogP contribution in [0.1, 0.15) is 105 Å². The highest BCUT2D eigenvalue weighted by Crippen LogP contribution is 2.51. The highest BCUT2D eigenvalue weighted by Gasteiger charge is 2.48. The molecule has 5 nitrogen and oxygen atoms in total. The van der Waals surface area contributed by atoms with Crippen LogP contribution in [0, 0.1) is 0 Å². The van der Waals surface area contributed by atoms with Crippen LogP contribution < -0.4 is 20.8 Å². The maximum absolute atomic E-state index is 7.47. The molecule has 7 heteroatoms. The van der Waals surface area contributed by atoms with E-state index in [9.17, 15) is 0 Å². The summed E-state index contributed by atoms with van der Waals surface area (Å²) in [5.74, 6) is 0. The number of anilines is 5. The van der Waals surface area contributed by atoms with Crippen molar-refractivity contribution < 1.29 is 8.83 Å². The zero-order chi connectivity index (χ0) is 54.4. The van der Waals surface area contributed by atoms with Gasteiger partial charge >= 0.3 is 6.85 Å². The van der Waals surface area contributed by atoms with Crippen LogP contribution in [0.15, 0.2) is 179 Å². The van der Waals surface area contributed by atoms with Gasteiger partial charge in [0.25, 0.3) is 0 Å². The molecule has 2 aliphatic heterocycles. The fourth-order valence-corrected chi connectivity index (χ4v) is 14.1. The van der Waals surface area contributed by atoms with Gasteiger partial charge in [0.05, 0.1) is 16.7 Å². The number of benzene rings is 9. The quantitative estimate of drug-likeness (QED) is 0.165. The highest BCUT2D eigenvalue weighted by atomic mass is 32.1. The van der Waals surface area contributed by atoms with E-state index in [0.29, 0.717) is 0 Å². The summed E-state index contributed by atoms with van der Waals surface area (Å²) in [7, 11) is 0. The molecule has 0 spiro atoms. The van der Waals surface area contributed by atoms with Crippen LogP contribution in [0.25, 0.3) is 91.7 Å². The van der Waals surface area contributed by atoms with Crippen LogP contribution in [-0.4, -0.2) is 11.4 Å². The number of aromatic nitrogens is 1. The average Bonchev–Trinajstić information content (AvgIpc) is 3.26. The monoisotopic (exact) mass is 1050 g/mol. The van der Waals surface area contributed by atoms with Gasteiger partial charge in [0, 0.05) is 81.1 Å². The fourth-order valence-electron chi connectivity index (χ4n) is 13.0. The van der Waals surface area contributed by atoms with Crippen LogP contribution in [0.4, 0.5) is 28.4 Å². The Bertz CT molecular complexity index is 4640. The van der Waals surface area contributed by atoms with Crippen molar-refractivity contribution in [2.24, 2.45) is 0 Å². The molecular weight excluding hydrogens is 982 g/mol. The number of hydrogen-bond acceptors (Lipinski definition) is 5. The van der Waals surface area contributed by atoms with Gasteiger partial charge in [-0.2, -0.15) is 0 Å². The number of fused-ring (bicyclic) bond motifs is 16. The van der Waals surface area contributed by atoms with Gasteiger partial charge in [0.1, 0.15) is 22.4 Å². The van der Waals surface area contributed by atoms with E-state index < -0.39 is 0 Å². The lowest BCUT2D eigenvalue weighted by Gasteiger charge is -2.40. The van der Waals surface area contributed by atoms with Crippen LogP contribution in [0.2, 0.25) is 0 Å². The maximum Gasteiger partial charge on any atom is 0.375 e. The third kappa shape index (κ3) is 7.20. The van der Waals surface area contributed by atoms with Crippen LogP contribution in [-0.2, 0) is 21.7 Å². The number of rotatable bonds is 4. The fraction of sp³-hybridized carbons (Fsp3) is 0.222. The van der Waals surface area contributed by atoms with E-state index >= 15 is 0 Å². The number of nitrogens with zero attached hydrogens (tertiary/aromatic N) is 3. The van der Waals surface area contributed by atoms with Crippen LogP contribution >= 0.6 is 11.3 Å². The second kappa shape index (κ2) is 16.3. The summed E-state index contributed by atoms with van der Waals surface area (Å²) in [6, 6.07) is 64.4. The van der Waals surface area contributed by atoms with Crippen molar-refractivity contribution in [2.45, 2.75) is 105 Å². The van der Waals surface area contributed by atoms with E-state index in [1.54, 1.807) is 0 Å². The zero-order valence-electron chi connectivity index (χ0n) is 47.3. The van der Waals surface area contributed by atoms with Gasteiger partial charge in [-0.15, -0.1) is 11.3 Å². The van der Waals surface area contributed by atoms with Crippen molar-refractivity contribution >= 4 is 133 Å². The molecule has 0 saturated carbocycles. The second-order valence-corrected chi connectivity index (χ2v) is 27.7. The van der Waals surface area contributed by atoms with Crippen molar-refractivity contribution in [3.8, 4) is 16.8 Å². The summed E-state index contributed by atoms with van der Waals surface area (Å²) in [6.07, 6.45) is 0. The maximum atomic E-state index is 7.47. The molecule has 4 aromatic heterocycles. The minimum atomic E-state index is -0.292. The van der Waals surface area contributed by atoms with Gasteiger partial charge in [0.2, 0.25) is 0 Å². The summed E-state index contributed by atoms with van der Waals surface area (Å²) < 4.78 is 19.7. The molecule has 0 amide bonds. The van der Waals surface area contributed by atoms with E-state index in [0.717, 1.165) is 78.3 Å². The minimum absolute atomic E-state index is 0.0185. The molecule has 388 valence electrons. The highest BCUT2D eigenvalue weighted by molar-refractivity contribution is 7.25. The van der Waals surface area contributed by atoms with Crippen LogP contribution in [0.3, 0.4) is 0 Å². The Labute approximate surface area is 466 Å². The summed E-state index contributed by atoms with van der Waals surface area (Å²) in [4.78, 5) is 4.98. The third-order valence-electron chi connectivity index (χ3n) is 17.4. The first kappa shape index (κ1) is 48.2. The zero-order valence-corrected chi connectivity index (χ0v) is 48.1. The smallest absolute Gasteiger partial charge is 0.375 e. The Morgan fingerprint density at radius 1 is 0.418 bits per heavy atom. The van der Waals surface area contributed by atoms with Crippen molar-refractivity contribution in [1.82, 2.24) is 4.57 Å². The summed E-state index contributed by atoms with van der Waals surface area (Å²) in [6.45, 7) is 27.2. The molecule has 2 aliphatic rings. The van der Waals surface area contributed by atoms with E-state index in [1.165, 1.54) is 75.3 Å². The number of thiophene rings is 1. The first-order chi connectivity index (χ1) is 37.7. The first-order valence-electron chi connectivity index (χ1n) is 28.1. The molecule has 0 saturated heterocycles. The summed E-state index contributed by atoms with van der Waals surface area (Å²) >= 11 is 1.88. The first-order valence-corrected chi connectivity index (χ1v) is 28.9. The Kier molecular flexibility index (Phi) is 9.94. The average molecular weight is 1050 g/mol. The molecular formula is C72H64BN3O2S. The predicted molar refractivity (Wildman–Crippen MR) is 339 cm³/mol. The summed E-state index contributed by atoms with van der Waals surface area (Å²) in [5.41, 5.74) is 21.4. The predicted octanol–water partition coefficient (Wildman–Crippen LogP) is 19.7. The third-order valence-corrected chi connectivity index (χ3v) is 18.5. The molecule has 0 N–H and O–H groups in total. The van der Waals surface area contributed by atoms with Gasteiger partial charge in [-0.05, 0) is 152 Å². The topological polar surface area (TPSA) is 37.7 Å². The lowest BCUT2D eigenvalue weighted by Crippen LogP contribution is -2.60. The van der Waals surface area contributed by atoms with E-state index in [2.05, 4.69) is 267 Å². The normalized spacial score (nSPS) is 13.8. The lowest BCUT2D eigenvalue weighted by atomic mass is 9.46. The standard InChI is InChI=1S/C72H64BN3O2S/c1-69(2,3)41-17-24-45(25-18-41)74(46-26-19-42(20-27-46)70(4,5)6)48-30-34-60-54(36-48)55-38-59-53(39-62(55)77-60)50-31-32-51-52-37-56-49-15-13-14-16-63(49)79-64(56)40-58(52)75-66(51)65(50)73(76(59)47-28-21-43(22-29-47)71(7,8)9)68-67(75)57-35-44(72(10,11)12)23-33-61(57)78-68/h13-40H,1-12H3. The number of furan rings is 2. The van der Waals surface area contributed by atoms with Gasteiger partial charge in [0.15, 0.2) is 0 Å². The number of hydrogen-bond donors (Lipinski definition) is 0. The molecule has 0 radical (unpaired) electrons. The lowest BCUT2D eigenvalue weighted by molar-refractivity contribution is 0.590. The Morgan fingerprint density at radius 2 is 1.00 bits per heavy atom. The van der Waals surface area contributed by atoms with E-state index in [1.807, 2.05) is 11.3 Å². The van der Waals surface area contributed by atoms with Gasteiger partial charge in [-0.25, -0.2) is 0 Å².